The minimum atomic E-state index is 0.726. The van der Waals surface area contributed by atoms with Crippen LogP contribution in [-0.4, -0.2) is 12.1 Å². The molecule has 1 rings (SSSR count). The Labute approximate surface area is 109 Å². The molecule has 1 aliphatic rings. The van der Waals surface area contributed by atoms with Crippen molar-refractivity contribution in [2.45, 2.75) is 97.1 Å². The quantitative estimate of drug-likeness (QED) is 0.594. The molecule has 1 fully saturated rings. The minimum Gasteiger partial charge on any atom is -0.311 e. The summed E-state index contributed by atoms with van der Waals surface area (Å²) in [5.74, 6) is 0.946. The normalized spacial score (nSPS) is 27.0. The minimum absolute atomic E-state index is 0.726. The molecule has 0 radical (unpaired) electrons. The molecule has 0 aromatic carbocycles. The third kappa shape index (κ3) is 5.90. The maximum atomic E-state index is 3.90. The number of nitrogens with one attached hydrogen (secondary N) is 1. The van der Waals surface area contributed by atoms with Gasteiger partial charge in [-0.25, -0.2) is 0 Å². The van der Waals surface area contributed by atoms with E-state index in [4.69, 9.17) is 0 Å². The largest absolute Gasteiger partial charge is 0.311 e. The average molecular weight is 239 g/mol. The first kappa shape index (κ1) is 15.0. The van der Waals surface area contributed by atoms with Gasteiger partial charge >= 0.3 is 0 Å². The lowest BCUT2D eigenvalue weighted by molar-refractivity contribution is 0.235. The summed E-state index contributed by atoms with van der Waals surface area (Å²) in [7, 11) is 0. The van der Waals surface area contributed by atoms with Crippen LogP contribution in [0.5, 0.6) is 0 Å². The molecule has 3 unspecified atom stereocenters. The van der Waals surface area contributed by atoms with E-state index in [0.29, 0.717) is 0 Å². The van der Waals surface area contributed by atoms with Crippen molar-refractivity contribution in [1.29, 1.82) is 0 Å². The summed E-state index contributed by atoms with van der Waals surface area (Å²) in [5, 5.41) is 3.90. The van der Waals surface area contributed by atoms with Crippen molar-refractivity contribution in [2.75, 3.05) is 0 Å². The second-order valence-corrected chi connectivity index (χ2v) is 5.98. The van der Waals surface area contributed by atoms with Gasteiger partial charge in [0.05, 0.1) is 0 Å². The van der Waals surface area contributed by atoms with E-state index >= 15 is 0 Å². The summed E-state index contributed by atoms with van der Waals surface area (Å²) in [6.45, 7) is 7.03. The molecule has 0 aliphatic heterocycles. The van der Waals surface area contributed by atoms with Crippen molar-refractivity contribution in [1.82, 2.24) is 5.32 Å². The Morgan fingerprint density at radius 1 is 1.06 bits per heavy atom. The van der Waals surface area contributed by atoms with Crippen molar-refractivity contribution in [3.05, 3.63) is 0 Å². The summed E-state index contributed by atoms with van der Waals surface area (Å²) in [6, 6.07) is 1.54. The molecule has 1 saturated carbocycles. The predicted molar refractivity (Wildman–Crippen MR) is 77.4 cm³/mol. The maximum absolute atomic E-state index is 3.90. The molecule has 17 heavy (non-hydrogen) atoms. The first-order valence-corrected chi connectivity index (χ1v) is 8.04. The van der Waals surface area contributed by atoms with Crippen molar-refractivity contribution in [3.8, 4) is 0 Å². The number of unbranched alkanes of at least 4 members (excludes halogenated alkanes) is 3. The van der Waals surface area contributed by atoms with Gasteiger partial charge in [-0.1, -0.05) is 58.8 Å². The molecule has 0 aromatic heterocycles. The summed E-state index contributed by atoms with van der Waals surface area (Å²) < 4.78 is 0. The zero-order chi connectivity index (χ0) is 12.5. The molecule has 0 spiro atoms. The van der Waals surface area contributed by atoms with Gasteiger partial charge in [-0.3, -0.25) is 0 Å². The second kappa shape index (κ2) is 8.97. The van der Waals surface area contributed by atoms with Crippen LogP contribution >= 0.6 is 0 Å². The van der Waals surface area contributed by atoms with Crippen molar-refractivity contribution >= 4 is 0 Å². The monoisotopic (exact) mass is 239 g/mol. The first-order chi connectivity index (χ1) is 8.27. The van der Waals surface area contributed by atoms with E-state index in [1.165, 1.54) is 64.2 Å². The number of hydrogen-bond acceptors (Lipinski definition) is 1. The van der Waals surface area contributed by atoms with Gasteiger partial charge in [0.15, 0.2) is 0 Å². The van der Waals surface area contributed by atoms with Gasteiger partial charge < -0.3 is 5.32 Å². The molecule has 0 amide bonds. The third-order valence-electron chi connectivity index (χ3n) is 4.42. The molecular formula is C16H33N. The maximum Gasteiger partial charge on any atom is 0.00976 e. The Morgan fingerprint density at radius 2 is 1.82 bits per heavy atom. The van der Waals surface area contributed by atoms with Crippen LogP contribution < -0.4 is 5.32 Å². The SMILES string of the molecule is CCCCCCC(C)NC1CCCCC1CC. The molecule has 1 heteroatoms. The molecule has 0 bridgehead atoms. The average Bonchev–Trinajstić information content (AvgIpc) is 2.35. The standard InChI is InChI=1S/C16H33N/c1-4-6-7-8-11-14(3)17-16-13-10-9-12-15(16)5-2/h14-17H,4-13H2,1-3H3. The second-order valence-electron chi connectivity index (χ2n) is 5.98. The highest BCUT2D eigenvalue weighted by atomic mass is 15.0. The van der Waals surface area contributed by atoms with Gasteiger partial charge in [0.1, 0.15) is 0 Å². The topological polar surface area (TPSA) is 12.0 Å². The van der Waals surface area contributed by atoms with Crippen LogP contribution in [0.2, 0.25) is 0 Å². The Bertz CT molecular complexity index is 178. The Kier molecular flexibility index (Phi) is 7.92. The van der Waals surface area contributed by atoms with Crippen LogP contribution in [0.15, 0.2) is 0 Å². The van der Waals surface area contributed by atoms with Gasteiger partial charge in [0, 0.05) is 12.1 Å². The van der Waals surface area contributed by atoms with E-state index in [0.717, 1.165) is 18.0 Å². The van der Waals surface area contributed by atoms with Gasteiger partial charge in [0.2, 0.25) is 0 Å². The fourth-order valence-electron chi connectivity index (χ4n) is 3.24. The molecule has 0 saturated heterocycles. The molecule has 1 aliphatic carbocycles. The third-order valence-corrected chi connectivity index (χ3v) is 4.42. The van der Waals surface area contributed by atoms with Crippen LogP contribution in [0.1, 0.15) is 85.0 Å². The summed E-state index contributed by atoms with van der Waals surface area (Å²) >= 11 is 0. The highest BCUT2D eigenvalue weighted by Crippen LogP contribution is 2.27. The number of hydrogen-bond donors (Lipinski definition) is 1. The van der Waals surface area contributed by atoms with E-state index in [2.05, 4.69) is 26.1 Å². The lowest BCUT2D eigenvalue weighted by Crippen LogP contribution is -2.43. The predicted octanol–water partition coefficient (Wildman–Crippen LogP) is 4.90. The van der Waals surface area contributed by atoms with Crippen LogP contribution in [0.4, 0.5) is 0 Å². The Morgan fingerprint density at radius 3 is 2.53 bits per heavy atom. The fourth-order valence-corrected chi connectivity index (χ4v) is 3.24. The lowest BCUT2D eigenvalue weighted by atomic mass is 9.82. The molecule has 1 N–H and O–H groups in total. The van der Waals surface area contributed by atoms with Crippen LogP contribution in [0.25, 0.3) is 0 Å². The van der Waals surface area contributed by atoms with E-state index in [1.807, 2.05) is 0 Å². The van der Waals surface area contributed by atoms with Crippen LogP contribution in [0, 0.1) is 5.92 Å². The van der Waals surface area contributed by atoms with E-state index < -0.39 is 0 Å². The zero-order valence-electron chi connectivity index (χ0n) is 12.3. The molecule has 3 atom stereocenters. The lowest BCUT2D eigenvalue weighted by Gasteiger charge is -2.34. The number of rotatable bonds is 8. The van der Waals surface area contributed by atoms with Crippen LogP contribution in [0.3, 0.4) is 0 Å². The van der Waals surface area contributed by atoms with Gasteiger partial charge in [-0.2, -0.15) is 0 Å². The fraction of sp³-hybridized carbons (Fsp3) is 1.00. The van der Waals surface area contributed by atoms with Gasteiger partial charge in [-0.15, -0.1) is 0 Å². The highest BCUT2D eigenvalue weighted by molar-refractivity contribution is 4.82. The molecule has 0 heterocycles. The summed E-state index contributed by atoms with van der Waals surface area (Å²) in [4.78, 5) is 0. The molecular weight excluding hydrogens is 206 g/mol. The van der Waals surface area contributed by atoms with Gasteiger partial charge in [-0.05, 0) is 32.1 Å². The Balaban J connectivity index is 2.16. The zero-order valence-corrected chi connectivity index (χ0v) is 12.3. The smallest absolute Gasteiger partial charge is 0.00976 e. The molecule has 102 valence electrons. The summed E-state index contributed by atoms with van der Waals surface area (Å²) in [6.07, 6.45) is 14.1. The van der Waals surface area contributed by atoms with E-state index in [-0.39, 0.29) is 0 Å². The van der Waals surface area contributed by atoms with E-state index in [9.17, 15) is 0 Å². The van der Waals surface area contributed by atoms with E-state index in [1.54, 1.807) is 0 Å². The van der Waals surface area contributed by atoms with Crippen molar-refractivity contribution < 1.29 is 0 Å². The Hall–Kier alpha value is -0.0400. The van der Waals surface area contributed by atoms with Crippen LogP contribution in [-0.2, 0) is 0 Å². The highest BCUT2D eigenvalue weighted by Gasteiger charge is 2.24. The molecule has 1 nitrogen and oxygen atoms in total. The first-order valence-electron chi connectivity index (χ1n) is 8.04. The van der Waals surface area contributed by atoms with Crippen molar-refractivity contribution in [2.24, 2.45) is 5.92 Å². The van der Waals surface area contributed by atoms with Crippen molar-refractivity contribution in [3.63, 3.8) is 0 Å². The van der Waals surface area contributed by atoms with Gasteiger partial charge in [0.25, 0.3) is 0 Å². The summed E-state index contributed by atoms with van der Waals surface area (Å²) in [5.41, 5.74) is 0. The molecule has 0 aromatic rings.